The first kappa shape index (κ1) is 7.80. The van der Waals surface area contributed by atoms with Gasteiger partial charge in [-0.25, -0.2) is 4.98 Å². The molecule has 0 saturated carbocycles. The van der Waals surface area contributed by atoms with Crippen molar-refractivity contribution in [1.82, 2.24) is 14.9 Å². The number of imidazole rings is 1. The standard InChI is InChI=1S/C9H15N3/c1-12-6-5-11-9(12)7-8-3-2-4-10-8/h5-6,8,10H,2-4,7H2,1H3/t8-/m0/s1. The molecule has 1 aromatic rings. The van der Waals surface area contributed by atoms with E-state index in [-0.39, 0.29) is 0 Å². The van der Waals surface area contributed by atoms with Crippen LogP contribution in [0.2, 0.25) is 0 Å². The van der Waals surface area contributed by atoms with E-state index in [1.54, 1.807) is 0 Å². The summed E-state index contributed by atoms with van der Waals surface area (Å²) in [4.78, 5) is 4.30. The number of nitrogens with zero attached hydrogens (tertiary/aromatic N) is 2. The fourth-order valence-corrected chi connectivity index (χ4v) is 1.74. The zero-order valence-corrected chi connectivity index (χ0v) is 7.45. The lowest BCUT2D eigenvalue weighted by atomic mass is 10.1. The van der Waals surface area contributed by atoms with Crippen molar-refractivity contribution in [2.45, 2.75) is 25.3 Å². The largest absolute Gasteiger partial charge is 0.338 e. The van der Waals surface area contributed by atoms with Crippen LogP contribution in [0.15, 0.2) is 12.4 Å². The van der Waals surface area contributed by atoms with Gasteiger partial charge in [-0.2, -0.15) is 0 Å². The van der Waals surface area contributed by atoms with Crippen molar-refractivity contribution in [2.24, 2.45) is 7.05 Å². The topological polar surface area (TPSA) is 29.9 Å². The molecule has 0 unspecified atom stereocenters. The van der Waals surface area contributed by atoms with E-state index in [2.05, 4.69) is 21.9 Å². The van der Waals surface area contributed by atoms with Crippen molar-refractivity contribution in [3.8, 4) is 0 Å². The van der Waals surface area contributed by atoms with E-state index in [4.69, 9.17) is 0 Å². The number of rotatable bonds is 2. The maximum absolute atomic E-state index is 4.30. The van der Waals surface area contributed by atoms with E-state index in [1.165, 1.54) is 25.2 Å². The molecule has 2 rings (SSSR count). The predicted octanol–water partition coefficient (Wildman–Crippen LogP) is 0.715. The summed E-state index contributed by atoms with van der Waals surface area (Å²) in [6, 6.07) is 0.658. The Balaban J connectivity index is 1.98. The van der Waals surface area contributed by atoms with Gasteiger partial charge in [0.25, 0.3) is 0 Å². The maximum Gasteiger partial charge on any atom is 0.109 e. The van der Waals surface area contributed by atoms with Crippen LogP contribution in [-0.2, 0) is 13.5 Å². The summed E-state index contributed by atoms with van der Waals surface area (Å²) in [5, 5.41) is 3.47. The van der Waals surface area contributed by atoms with E-state index >= 15 is 0 Å². The third kappa shape index (κ3) is 1.50. The van der Waals surface area contributed by atoms with Gasteiger partial charge in [0.05, 0.1) is 0 Å². The average molecular weight is 165 g/mol. The molecule has 3 nitrogen and oxygen atoms in total. The van der Waals surface area contributed by atoms with Crippen molar-refractivity contribution < 1.29 is 0 Å². The summed E-state index contributed by atoms with van der Waals surface area (Å²) in [7, 11) is 2.05. The molecule has 0 radical (unpaired) electrons. The minimum atomic E-state index is 0.658. The predicted molar refractivity (Wildman–Crippen MR) is 47.9 cm³/mol. The molecule has 1 saturated heterocycles. The molecule has 0 aliphatic carbocycles. The second-order valence-corrected chi connectivity index (χ2v) is 3.45. The average Bonchev–Trinajstić information content (AvgIpc) is 2.65. The Hall–Kier alpha value is -0.830. The Labute approximate surface area is 72.8 Å². The van der Waals surface area contributed by atoms with Crippen LogP contribution in [0.25, 0.3) is 0 Å². The fraction of sp³-hybridized carbons (Fsp3) is 0.667. The van der Waals surface area contributed by atoms with Crippen LogP contribution >= 0.6 is 0 Å². The summed E-state index contributed by atoms with van der Waals surface area (Å²) in [5.41, 5.74) is 0. The summed E-state index contributed by atoms with van der Waals surface area (Å²) in [5.74, 6) is 1.19. The highest BCUT2D eigenvalue weighted by Gasteiger charge is 2.15. The van der Waals surface area contributed by atoms with Crippen LogP contribution in [0.3, 0.4) is 0 Å². The van der Waals surface area contributed by atoms with E-state index < -0.39 is 0 Å². The monoisotopic (exact) mass is 165 g/mol. The van der Waals surface area contributed by atoms with Gasteiger partial charge in [-0.05, 0) is 19.4 Å². The number of aryl methyl sites for hydroxylation is 1. The van der Waals surface area contributed by atoms with Crippen LogP contribution < -0.4 is 5.32 Å². The quantitative estimate of drug-likeness (QED) is 0.699. The molecule has 0 bridgehead atoms. The second kappa shape index (κ2) is 3.27. The first-order chi connectivity index (χ1) is 5.86. The maximum atomic E-state index is 4.30. The molecule has 1 aliphatic rings. The Morgan fingerprint density at radius 2 is 2.67 bits per heavy atom. The zero-order valence-electron chi connectivity index (χ0n) is 7.45. The SMILES string of the molecule is Cn1ccnc1C[C@@H]1CCCN1. The number of nitrogens with one attached hydrogen (secondary N) is 1. The Morgan fingerprint density at radius 3 is 3.25 bits per heavy atom. The highest BCUT2D eigenvalue weighted by Crippen LogP contribution is 2.09. The zero-order chi connectivity index (χ0) is 8.39. The lowest BCUT2D eigenvalue weighted by Gasteiger charge is -2.08. The smallest absolute Gasteiger partial charge is 0.109 e. The van der Waals surface area contributed by atoms with Crippen LogP contribution in [0.4, 0.5) is 0 Å². The molecule has 0 amide bonds. The van der Waals surface area contributed by atoms with E-state index in [9.17, 15) is 0 Å². The lowest BCUT2D eigenvalue weighted by molar-refractivity contribution is 0.573. The summed E-state index contributed by atoms with van der Waals surface area (Å²) in [6.07, 6.45) is 7.56. The molecule has 1 atom stereocenters. The van der Waals surface area contributed by atoms with Crippen molar-refractivity contribution >= 4 is 0 Å². The summed E-state index contributed by atoms with van der Waals surface area (Å²) < 4.78 is 2.10. The lowest BCUT2D eigenvalue weighted by Crippen LogP contribution is -2.24. The van der Waals surface area contributed by atoms with Crippen molar-refractivity contribution in [3.63, 3.8) is 0 Å². The molecule has 1 N–H and O–H groups in total. The highest BCUT2D eigenvalue weighted by atomic mass is 15.0. The van der Waals surface area contributed by atoms with Gasteiger partial charge < -0.3 is 9.88 Å². The third-order valence-corrected chi connectivity index (χ3v) is 2.51. The van der Waals surface area contributed by atoms with Crippen LogP contribution in [0.1, 0.15) is 18.7 Å². The van der Waals surface area contributed by atoms with E-state index in [0.717, 1.165) is 6.42 Å². The number of hydrogen-bond acceptors (Lipinski definition) is 2. The molecule has 1 aromatic heterocycles. The van der Waals surface area contributed by atoms with Gasteiger partial charge in [-0.1, -0.05) is 0 Å². The van der Waals surface area contributed by atoms with Gasteiger partial charge >= 0.3 is 0 Å². The van der Waals surface area contributed by atoms with E-state index in [1.807, 2.05) is 12.4 Å². The Morgan fingerprint density at radius 1 is 1.75 bits per heavy atom. The minimum Gasteiger partial charge on any atom is -0.338 e. The van der Waals surface area contributed by atoms with Gasteiger partial charge in [0, 0.05) is 31.9 Å². The molecule has 2 heterocycles. The van der Waals surface area contributed by atoms with Crippen molar-refractivity contribution in [3.05, 3.63) is 18.2 Å². The van der Waals surface area contributed by atoms with Gasteiger partial charge in [-0.3, -0.25) is 0 Å². The molecule has 1 fully saturated rings. The first-order valence-corrected chi connectivity index (χ1v) is 4.56. The third-order valence-electron chi connectivity index (χ3n) is 2.51. The van der Waals surface area contributed by atoms with Gasteiger partial charge in [0.1, 0.15) is 5.82 Å². The van der Waals surface area contributed by atoms with Crippen LogP contribution in [-0.4, -0.2) is 22.1 Å². The van der Waals surface area contributed by atoms with Gasteiger partial charge in [0.15, 0.2) is 0 Å². The Bertz CT molecular complexity index is 248. The number of aromatic nitrogens is 2. The van der Waals surface area contributed by atoms with Crippen molar-refractivity contribution in [2.75, 3.05) is 6.54 Å². The first-order valence-electron chi connectivity index (χ1n) is 4.56. The highest BCUT2D eigenvalue weighted by molar-refractivity contribution is 4.95. The van der Waals surface area contributed by atoms with Crippen LogP contribution in [0.5, 0.6) is 0 Å². The molecule has 3 heteroatoms. The molecule has 66 valence electrons. The molecular formula is C9H15N3. The summed E-state index contributed by atoms with van der Waals surface area (Å²) in [6.45, 7) is 1.18. The van der Waals surface area contributed by atoms with Crippen LogP contribution in [0, 0.1) is 0 Å². The molecular weight excluding hydrogens is 150 g/mol. The normalized spacial score (nSPS) is 23.2. The van der Waals surface area contributed by atoms with Gasteiger partial charge in [0.2, 0.25) is 0 Å². The molecule has 1 aliphatic heterocycles. The molecule has 12 heavy (non-hydrogen) atoms. The van der Waals surface area contributed by atoms with Crippen molar-refractivity contribution in [1.29, 1.82) is 0 Å². The number of hydrogen-bond donors (Lipinski definition) is 1. The Kier molecular flexibility index (Phi) is 2.13. The van der Waals surface area contributed by atoms with Gasteiger partial charge in [-0.15, -0.1) is 0 Å². The van der Waals surface area contributed by atoms with E-state index in [0.29, 0.717) is 6.04 Å². The second-order valence-electron chi connectivity index (χ2n) is 3.45. The molecule has 0 aromatic carbocycles. The fourth-order valence-electron chi connectivity index (χ4n) is 1.74. The molecule has 0 spiro atoms. The summed E-state index contributed by atoms with van der Waals surface area (Å²) >= 11 is 0. The minimum absolute atomic E-state index is 0.658.